The van der Waals surface area contributed by atoms with Crippen LogP contribution < -0.4 is 0 Å². The lowest BCUT2D eigenvalue weighted by Gasteiger charge is -2.19. The molecule has 0 saturated heterocycles. The molecule has 6 heteroatoms. The Morgan fingerprint density at radius 3 is 1.78 bits per heavy atom. The van der Waals surface area contributed by atoms with E-state index in [0.29, 0.717) is 18.3 Å². The van der Waals surface area contributed by atoms with Gasteiger partial charge in [-0.15, -0.1) is 0 Å². The topological polar surface area (TPSA) is 89.9 Å². The van der Waals surface area contributed by atoms with Crippen molar-refractivity contribution in [1.82, 2.24) is 0 Å². The quantitative estimate of drug-likeness (QED) is 0.586. The maximum Gasteiger partial charge on any atom is 0.310 e. The normalized spacial score (nSPS) is 13.7. The Hall–Kier alpha value is -1.59. The van der Waals surface area contributed by atoms with Crippen LogP contribution in [0.3, 0.4) is 0 Å². The van der Waals surface area contributed by atoms with E-state index in [2.05, 4.69) is 0 Å². The van der Waals surface area contributed by atoms with Crippen molar-refractivity contribution in [3.63, 3.8) is 0 Å². The van der Waals surface area contributed by atoms with Gasteiger partial charge >= 0.3 is 17.9 Å². The fraction of sp³-hybridized carbons (Fsp3) is 0.824. The zero-order valence-corrected chi connectivity index (χ0v) is 14.8. The summed E-state index contributed by atoms with van der Waals surface area (Å²) in [5, 5.41) is 9.12. The lowest BCUT2D eigenvalue weighted by atomic mass is 9.91. The molecule has 0 amide bonds. The highest BCUT2D eigenvalue weighted by molar-refractivity contribution is 5.85. The van der Waals surface area contributed by atoms with Gasteiger partial charge in [-0.2, -0.15) is 0 Å². The second-order valence-electron chi connectivity index (χ2n) is 6.69. The molecule has 2 atom stereocenters. The minimum atomic E-state index is -1.13. The predicted octanol–water partition coefficient (Wildman–Crippen LogP) is 2.89. The number of carboxylic acid groups (broad SMARTS) is 1. The van der Waals surface area contributed by atoms with E-state index in [9.17, 15) is 14.4 Å². The van der Waals surface area contributed by atoms with Crippen molar-refractivity contribution in [2.75, 3.05) is 13.2 Å². The molecule has 0 aliphatic carbocycles. The van der Waals surface area contributed by atoms with E-state index in [0.717, 1.165) is 6.42 Å². The first kappa shape index (κ1) is 21.4. The number of carboxylic acids is 1. The Kier molecular flexibility index (Phi) is 10.3. The van der Waals surface area contributed by atoms with Crippen LogP contribution in [0.5, 0.6) is 0 Å². The Morgan fingerprint density at radius 2 is 1.35 bits per heavy atom. The first-order chi connectivity index (χ1) is 10.6. The van der Waals surface area contributed by atoms with Gasteiger partial charge in [0.15, 0.2) is 0 Å². The van der Waals surface area contributed by atoms with Gasteiger partial charge in [0.05, 0.1) is 31.5 Å². The third-order valence-corrected chi connectivity index (χ3v) is 3.58. The van der Waals surface area contributed by atoms with E-state index < -0.39 is 29.7 Å². The standard InChI is InChI=1S/C17H30O6/c1-11(2)6-8-22-15(18)10-14(13(5)16(19)20)17(21)23-9-7-12(3)4/h11-14H,6-10H2,1-5H3,(H,19,20). The largest absolute Gasteiger partial charge is 0.481 e. The van der Waals surface area contributed by atoms with Gasteiger partial charge in [0, 0.05) is 0 Å². The zero-order chi connectivity index (χ0) is 18.0. The van der Waals surface area contributed by atoms with E-state index in [1.54, 1.807) is 0 Å². The first-order valence-electron chi connectivity index (χ1n) is 8.20. The van der Waals surface area contributed by atoms with Crippen molar-refractivity contribution >= 4 is 17.9 Å². The lowest BCUT2D eigenvalue weighted by Crippen LogP contribution is -2.32. The summed E-state index contributed by atoms with van der Waals surface area (Å²) in [5.41, 5.74) is 0. The van der Waals surface area contributed by atoms with Gasteiger partial charge in [-0.3, -0.25) is 14.4 Å². The van der Waals surface area contributed by atoms with Gasteiger partial charge in [0.2, 0.25) is 0 Å². The minimum absolute atomic E-state index is 0.224. The third-order valence-electron chi connectivity index (χ3n) is 3.58. The molecule has 134 valence electrons. The molecule has 0 aromatic rings. The highest BCUT2D eigenvalue weighted by Crippen LogP contribution is 2.19. The number of hydrogen-bond donors (Lipinski definition) is 1. The molecule has 0 aliphatic rings. The second-order valence-corrected chi connectivity index (χ2v) is 6.69. The summed E-state index contributed by atoms with van der Waals surface area (Å²) in [6.07, 6.45) is 1.15. The molecule has 0 fully saturated rings. The molecular formula is C17H30O6. The van der Waals surface area contributed by atoms with Crippen molar-refractivity contribution in [3.05, 3.63) is 0 Å². The van der Waals surface area contributed by atoms with Gasteiger partial charge in [-0.25, -0.2) is 0 Å². The molecule has 0 bridgehead atoms. The van der Waals surface area contributed by atoms with Gasteiger partial charge in [0.1, 0.15) is 0 Å². The smallest absolute Gasteiger partial charge is 0.310 e. The summed E-state index contributed by atoms with van der Waals surface area (Å²) in [7, 11) is 0. The van der Waals surface area contributed by atoms with Gasteiger partial charge in [0.25, 0.3) is 0 Å². The molecule has 0 heterocycles. The number of rotatable bonds is 11. The first-order valence-corrected chi connectivity index (χ1v) is 8.20. The van der Waals surface area contributed by atoms with Crippen LogP contribution in [0.25, 0.3) is 0 Å². The minimum Gasteiger partial charge on any atom is -0.481 e. The van der Waals surface area contributed by atoms with Gasteiger partial charge in [-0.05, 0) is 24.7 Å². The van der Waals surface area contributed by atoms with Crippen LogP contribution in [0, 0.1) is 23.7 Å². The molecule has 0 aliphatic heterocycles. The Labute approximate surface area is 138 Å². The average Bonchev–Trinajstić information content (AvgIpc) is 2.42. The van der Waals surface area contributed by atoms with Crippen LogP contribution in [0.4, 0.5) is 0 Å². The van der Waals surface area contributed by atoms with E-state index >= 15 is 0 Å². The monoisotopic (exact) mass is 330 g/mol. The van der Waals surface area contributed by atoms with Crippen molar-refractivity contribution < 1.29 is 29.0 Å². The van der Waals surface area contributed by atoms with Crippen LogP contribution in [0.2, 0.25) is 0 Å². The highest BCUT2D eigenvalue weighted by Gasteiger charge is 2.34. The molecule has 6 nitrogen and oxygen atoms in total. The van der Waals surface area contributed by atoms with Gasteiger partial charge < -0.3 is 14.6 Å². The van der Waals surface area contributed by atoms with Crippen molar-refractivity contribution in [2.24, 2.45) is 23.7 Å². The fourth-order valence-corrected chi connectivity index (χ4v) is 1.79. The fourth-order valence-electron chi connectivity index (χ4n) is 1.79. The molecule has 0 radical (unpaired) electrons. The molecule has 0 spiro atoms. The van der Waals surface area contributed by atoms with Gasteiger partial charge in [-0.1, -0.05) is 34.6 Å². The van der Waals surface area contributed by atoms with Crippen molar-refractivity contribution in [1.29, 1.82) is 0 Å². The molecular weight excluding hydrogens is 300 g/mol. The van der Waals surface area contributed by atoms with Crippen molar-refractivity contribution in [2.45, 2.75) is 53.9 Å². The summed E-state index contributed by atoms with van der Waals surface area (Å²) in [5.74, 6) is -3.60. The SMILES string of the molecule is CC(C)CCOC(=O)CC(C(=O)OCCC(C)C)C(C)C(=O)O. The van der Waals surface area contributed by atoms with Crippen LogP contribution >= 0.6 is 0 Å². The summed E-state index contributed by atoms with van der Waals surface area (Å²) in [6.45, 7) is 9.91. The Balaban J connectivity index is 4.59. The number of hydrogen-bond acceptors (Lipinski definition) is 5. The number of esters is 2. The van der Waals surface area contributed by atoms with Crippen LogP contribution in [0.1, 0.15) is 53.9 Å². The van der Waals surface area contributed by atoms with Crippen LogP contribution in [0.15, 0.2) is 0 Å². The average molecular weight is 330 g/mol. The number of aliphatic carboxylic acids is 1. The van der Waals surface area contributed by atoms with Crippen molar-refractivity contribution in [3.8, 4) is 0 Å². The summed E-state index contributed by atoms with van der Waals surface area (Å²) >= 11 is 0. The second kappa shape index (κ2) is 11.0. The molecule has 0 aromatic heterocycles. The Bertz CT molecular complexity index is 389. The van der Waals surface area contributed by atoms with E-state index in [1.807, 2.05) is 27.7 Å². The lowest BCUT2D eigenvalue weighted by molar-refractivity contribution is -0.161. The third kappa shape index (κ3) is 9.92. The summed E-state index contributed by atoms with van der Waals surface area (Å²) in [6, 6.07) is 0. The molecule has 1 N–H and O–H groups in total. The zero-order valence-electron chi connectivity index (χ0n) is 14.8. The van der Waals surface area contributed by atoms with Crippen LogP contribution in [-0.4, -0.2) is 36.2 Å². The van der Waals surface area contributed by atoms with Crippen LogP contribution in [-0.2, 0) is 23.9 Å². The molecule has 0 aromatic carbocycles. The number of ether oxygens (including phenoxy) is 2. The molecule has 23 heavy (non-hydrogen) atoms. The van der Waals surface area contributed by atoms with E-state index in [-0.39, 0.29) is 19.6 Å². The molecule has 0 rings (SSSR count). The maximum atomic E-state index is 12.1. The predicted molar refractivity (Wildman–Crippen MR) is 85.7 cm³/mol. The Morgan fingerprint density at radius 1 is 0.870 bits per heavy atom. The molecule has 2 unspecified atom stereocenters. The number of carbonyl (C=O) groups is 3. The maximum absolute atomic E-state index is 12.1. The summed E-state index contributed by atoms with van der Waals surface area (Å²) in [4.78, 5) is 35.1. The van der Waals surface area contributed by atoms with E-state index in [1.165, 1.54) is 6.92 Å². The number of carbonyl (C=O) groups excluding carboxylic acids is 2. The summed E-state index contributed by atoms with van der Waals surface area (Å²) < 4.78 is 10.2. The molecule has 0 saturated carbocycles. The van der Waals surface area contributed by atoms with E-state index in [4.69, 9.17) is 14.6 Å². The highest BCUT2D eigenvalue weighted by atomic mass is 16.5.